The maximum absolute atomic E-state index is 12.8. The molecule has 0 aliphatic heterocycles. The van der Waals surface area contributed by atoms with Gasteiger partial charge in [-0.05, 0) is 50.2 Å². The number of nitrogens with zero attached hydrogens (tertiary/aromatic N) is 2. The van der Waals surface area contributed by atoms with Gasteiger partial charge >= 0.3 is 0 Å². The van der Waals surface area contributed by atoms with Crippen LogP contribution < -0.4 is 9.54 Å². The van der Waals surface area contributed by atoms with Gasteiger partial charge in [0.1, 0.15) is 5.75 Å². The van der Waals surface area contributed by atoms with E-state index >= 15 is 0 Å². The van der Waals surface area contributed by atoms with E-state index < -0.39 is 21.0 Å². The number of aromatic nitrogens is 1. The van der Waals surface area contributed by atoms with Gasteiger partial charge in [0.05, 0.1) is 27.5 Å². The van der Waals surface area contributed by atoms with Crippen molar-refractivity contribution >= 4 is 37.3 Å². The third kappa shape index (κ3) is 4.18. The molecule has 3 aromatic rings. The Kier molecular flexibility index (Phi) is 6.04. The molecule has 8 heteroatoms. The highest BCUT2D eigenvalue weighted by atomic mass is 32.2. The molecule has 0 saturated carbocycles. The molecule has 29 heavy (non-hydrogen) atoms. The summed E-state index contributed by atoms with van der Waals surface area (Å²) in [6, 6.07) is 11.7. The number of amides is 1. The standard InChI is InChI=1S/C21H22N2O4S2/c1-5-11-23-18-10-9-16(27-4)13-19(18)28-21(23)22-20(24)15-7-6-8-17(12-15)29(25,26)14(2)3/h5-10,12-14H,1,11H2,2-4H3. The Morgan fingerprint density at radius 3 is 2.69 bits per heavy atom. The van der Waals surface area contributed by atoms with E-state index in [9.17, 15) is 13.2 Å². The van der Waals surface area contributed by atoms with Gasteiger partial charge in [-0.2, -0.15) is 4.99 Å². The third-order valence-electron chi connectivity index (χ3n) is 4.43. The minimum Gasteiger partial charge on any atom is -0.497 e. The van der Waals surface area contributed by atoms with Crippen LogP contribution in [-0.4, -0.2) is 31.3 Å². The zero-order valence-corrected chi connectivity index (χ0v) is 18.1. The van der Waals surface area contributed by atoms with E-state index in [-0.39, 0.29) is 10.5 Å². The van der Waals surface area contributed by atoms with Crippen molar-refractivity contribution in [3.8, 4) is 5.75 Å². The molecule has 0 unspecified atom stereocenters. The molecule has 0 saturated heterocycles. The van der Waals surface area contributed by atoms with Gasteiger partial charge < -0.3 is 9.30 Å². The fourth-order valence-corrected chi connectivity index (χ4v) is 4.97. The Balaban J connectivity index is 2.11. The Labute approximate surface area is 173 Å². The molecule has 0 spiro atoms. The number of carbonyl (C=O) groups excluding carboxylic acids is 1. The summed E-state index contributed by atoms with van der Waals surface area (Å²) in [5.41, 5.74) is 1.14. The first-order chi connectivity index (χ1) is 13.8. The summed E-state index contributed by atoms with van der Waals surface area (Å²) in [4.78, 5) is 17.7. The largest absolute Gasteiger partial charge is 0.497 e. The smallest absolute Gasteiger partial charge is 0.279 e. The van der Waals surface area contributed by atoms with E-state index in [1.165, 1.54) is 23.5 Å². The van der Waals surface area contributed by atoms with Crippen LogP contribution in [-0.2, 0) is 16.4 Å². The number of carbonyl (C=O) groups is 1. The summed E-state index contributed by atoms with van der Waals surface area (Å²) in [5.74, 6) is 0.219. The molecule has 0 radical (unpaired) electrons. The lowest BCUT2D eigenvalue weighted by molar-refractivity contribution is 0.0997. The zero-order chi connectivity index (χ0) is 21.2. The quantitative estimate of drug-likeness (QED) is 0.557. The van der Waals surface area contributed by atoms with Gasteiger partial charge in [0.25, 0.3) is 5.91 Å². The van der Waals surface area contributed by atoms with Gasteiger partial charge in [-0.25, -0.2) is 8.42 Å². The molecule has 152 valence electrons. The molecule has 0 atom stereocenters. The van der Waals surface area contributed by atoms with Gasteiger partial charge in [0, 0.05) is 12.1 Å². The van der Waals surface area contributed by atoms with Crippen molar-refractivity contribution in [3.05, 3.63) is 65.5 Å². The molecule has 6 nitrogen and oxygen atoms in total. The van der Waals surface area contributed by atoms with Crippen LogP contribution in [0.2, 0.25) is 0 Å². The van der Waals surface area contributed by atoms with Crippen LogP contribution in [0.3, 0.4) is 0 Å². The van der Waals surface area contributed by atoms with E-state index in [0.717, 1.165) is 10.2 Å². The van der Waals surface area contributed by atoms with Crippen molar-refractivity contribution in [3.63, 3.8) is 0 Å². The number of allylic oxidation sites excluding steroid dienone is 1. The summed E-state index contributed by atoms with van der Waals surface area (Å²) < 4.78 is 32.9. The van der Waals surface area contributed by atoms with Gasteiger partial charge in [0.2, 0.25) is 0 Å². The van der Waals surface area contributed by atoms with E-state index in [2.05, 4.69) is 11.6 Å². The minimum absolute atomic E-state index is 0.119. The van der Waals surface area contributed by atoms with E-state index in [4.69, 9.17) is 4.74 Å². The summed E-state index contributed by atoms with van der Waals surface area (Å²) in [6.07, 6.45) is 1.73. The number of sulfone groups is 1. The summed E-state index contributed by atoms with van der Waals surface area (Å²) in [6.45, 7) is 7.48. The molecular formula is C21H22N2O4S2. The number of hydrogen-bond donors (Lipinski definition) is 0. The lowest BCUT2D eigenvalue weighted by Crippen LogP contribution is -2.17. The van der Waals surface area contributed by atoms with Gasteiger partial charge in [-0.3, -0.25) is 4.79 Å². The van der Waals surface area contributed by atoms with E-state index in [1.54, 1.807) is 39.2 Å². The normalized spacial score (nSPS) is 12.5. The Morgan fingerprint density at radius 1 is 1.28 bits per heavy atom. The molecule has 2 aromatic carbocycles. The van der Waals surface area contributed by atoms with Crippen molar-refractivity contribution in [2.24, 2.45) is 4.99 Å². The number of methoxy groups -OCH3 is 1. The maximum Gasteiger partial charge on any atom is 0.279 e. The van der Waals surface area contributed by atoms with Crippen LogP contribution in [0.25, 0.3) is 10.2 Å². The summed E-state index contributed by atoms with van der Waals surface area (Å²) in [7, 11) is -1.88. The molecule has 1 aromatic heterocycles. The number of fused-ring (bicyclic) bond motifs is 1. The number of benzene rings is 2. The van der Waals surface area contributed by atoms with E-state index in [1.807, 2.05) is 22.8 Å². The number of thiazole rings is 1. The number of ether oxygens (including phenoxy) is 1. The molecule has 1 heterocycles. The van der Waals surface area contributed by atoms with Crippen LogP contribution >= 0.6 is 11.3 Å². The lowest BCUT2D eigenvalue weighted by Gasteiger charge is -2.08. The van der Waals surface area contributed by atoms with Crippen molar-refractivity contribution in [2.75, 3.05) is 7.11 Å². The monoisotopic (exact) mass is 430 g/mol. The van der Waals surface area contributed by atoms with Crippen LogP contribution in [0.4, 0.5) is 0 Å². The van der Waals surface area contributed by atoms with Crippen molar-refractivity contribution in [2.45, 2.75) is 30.5 Å². The van der Waals surface area contributed by atoms with Crippen LogP contribution in [0.5, 0.6) is 5.75 Å². The molecular weight excluding hydrogens is 408 g/mol. The highest BCUT2D eigenvalue weighted by Gasteiger charge is 2.20. The van der Waals surface area contributed by atoms with Crippen molar-refractivity contribution in [1.82, 2.24) is 4.57 Å². The molecule has 1 amide bonds. The minimum atomic E-state index is -3.47. The average molecular weight is 431 g/mol. The van der Waals surface area contributed by atoms with Crippen LogP contribution in [0.1, 0.15) is 24.2 Å². The Hall–Kier alpha value is -2.71. The average Bonchev–Trinajstić information content (AvgIpc) is 3.04. The van der Waals surface area contributed by atoms with Crippen LogP contribution in [0, 0.1) is 0 Å². The molecule has 0 aliphatic carbocycles. The SMILES string of the molecule is C=CCn1c(=NC(=O)c2cccc(S(=O)(=O)C(C)C)c2)sc2cc(OC)ccc21. The van der Waals surface area contributed by atoms with Crippen molar-refractivity contribution < 1.29 is 17.9 Å². The Morgan fingerprint density at radius 2 is 2.03 bits per heavy atom. The third-order valence-corrected chi connectivity index (χ3v) is 7.62. The molecule has 0 aliphatic rings. The molecule has 0 bridgehead atoms. The van der Waals surface area contributed by atoms with Gasteiger partial charge in [-0.15, -0.1) is 6.58 Å². The highest BCUT2D eigenvalue weighted by Crippen LogP contribution is 2.23. The fraction of sp³-hybridized carbons (Fsp3) is 0.238. The van der Waals surface area contributed by atoms with Gasteiger partial charge in [-0.1, -0.05) is 23.5 Å². The van der Waals surface area contributed by atoms with Crippen LogP contribution in [0.15, 0.2) is 65.0 Å². The first-order valence-electron chi connectivity index (χ1n) is 8.99. The second-order valence-electron chi connectivity index (χ2n) is 6.66. The van der Waals surface area contributed by atoms with Crippen molar-refractivity contribution in [1.29, 1.82) is 0 Å². The topological polar surface area (TPSA) is 77.7 Å². The number of rotatable bonds is 6. The predicted octanol–water partition coefficient (Wildman–Crippen LogP) is 3.82. The highest BCUT2D eigenvalue weighted by molar-refractivity contribution is 7.92. The fourth-order valence-electron chi connectivity index (χ4n) is 2.80. The Bertz CT molecular complexity index is 1250. The first-order valence-corrected chi connectivity index (χ1v) is 11.4. The maximum atomic E-state index is 12.8. The number of hydrogen-bond acceptors (Lipinski definition) is 5. The molecule has 0 N–H and O–H groups in total. The predicted molar refractivity (Wildman–Crippen MR) is 115 cm³/mol. The lowest BCUT2D eigenvalue weighted by atomic mass is 10.2. The molecule has 3 rings (SSSR count). The summed E-state index contributed by atoms with van der Waals surface area (Å²) >= 11 is 1.36. The molecule has 0 fully saturated rings. The second-order valence-corrected chi connectivity index (χ2v) is 10.2. The van der Waals surface area contributed by atoms with E-state index in [0.29, 0.717) is 17.1 Å². The second kappa shape index (κ2) is 8.34. The first kappa shape index (κ1) is 21.0. The van der Waals surface area contributed by atoms with Gasteiger partial charge in [0.15, 0.2) is 14.6 Å². The summed E-state index contributed by atoms with van der Waals surface area (Å²) in [5, 5.41) is -0.572. The zero-order valence-electron chi connectivity index (χ0n) is 16.5.